The number of aromatic nitrogens is 2. The maximum absolute atomic E-state index is 11.1. The standard InChI is InChI=1S/C16H14N2O2/c19-10-16-17-14-8-4-5-9-15(14)18(16)12-20-11-13-6-2-1-3-7-13/h1-10H,11-12H2. The zero-order valence-corrected chi connectivity index (χ0v) is 10.9. The van der Waals surface area contributed by atoms with Gasteiger partial charge in [0, 0.05) is 0 Å². The van der Waals surface area contributed by atoms with E-state index in [0.717, 1.165) is 22.9 Å². The van der Waals surface area contributed by atoms with Gasteiger partial charge in [-0.15, -0.1) is 0 Å². The fourth-order valence-corrected chi connectivity index (χ4v) is 2.15. The Balaban J connectivity index is 1.78. The molecule has 3 rings (SSSR count). The van der Waals surface area contributed by atoms with Crippen molar-refractivity contribution in [3.8, 4) is 0 Å². The third kappa shape index (κ3) is 2.46. The first-order chi connectivity index (χ1) is 9.88. The van der Waals surface area contributed by atoms with Gasteiger partial charge >= 0.3 is 0 Å². The van der Waals surface area contributed by atoms with Gasteiger partial charge in [0.2, 0.25) is 0 Å². The summed E-state index contributed by atoms with van der Waals surface area (Å²) in [5.41, 5.74) is 2.81. The van der Waals surface area contributed by atoms with E-state index in [1.54, 1.807) is 4.57 Å². The summed E-state index contributed by atoms with van der Waals surface area (Å²) in [6, 6.07) is 17.6. The van der Waals surface area contributed by atoms with Crippen LogP contribution in [0.1, 0.15) is 16.2 Å². The van der Waals surface area contributed by atoms with Gasteiger partial charge in [0.25, 0.3) is 0 Å². The third-order valence-corrected chi connectivity index (χ3v) is 3.12. The van der Waals surface area contributed by atoms with Gasteiger partial charge in [0.15, 0.2) is 12.1 Å². The zero-order valence-electron chi connectivity index (χ0n) is 10.9. The molecule has 0 fully saturated rings. The molecule has 1 heterocycles. The first-order valence-electron chi connectivity index (χ1n) is 6.40. The molecule has 2 aromatic carbocycles. The summed E-state index contributed by atoms with van der Waals surface area (Å²) in [7, 11) is 0. The van der Waals surface area contributed by atoms with Gasteiger partial charge in [-0.05, 0) is 17.7 Å². The van der Waals surface area contributed by atoms with Crippen LogP contribution >= 0.6 is 0 Å². The van der Waals surface area contributed by atoms with Gasteiger partial charge in [-0.3, -0.25) is 9.36 Å². The summed E-state index contributed by atoms with van der Waals surface area (Å²) in [5.74, 6) is 0.388. The second-order valence-corrected chi connectivity index (χ2v) is 4.47. The first-order valence-corrected chi connectivity index (χ1v) is 6.40. The van der Waals surface area contributed by atoms with E-state index in [9.17, 15) is 4.79 Å². The predicted molar refractivity (Wildman–Crippen MR) is 76.4 cm³/mol. The van der Waals surface area contributed by atoms with Gasteiger partial charge in [-0.2, -0.15) is 0 Å². The summed E-state index contributed by atoms with van der Waals surface area (Å²) in [6.45, 7) is 0.815. The maximum atomic E-state index is 11.1. The van der Waals surface area contributed by atoms with E-state index < -0.39 is 0 Å². The molecule has 100 valence electrons. The van der Waals surface area contributed by atoms with Crippen LogP contribution in [0.25, 0.3) is 11.0 Å². The molecule has 0 atom stereocenters. The highest BCUT2D eigenvalue weighted by Gasteiger charge is 2.09. The van der Waals surface area contributed by atoms with Crippen LogP contribution in [0, 0.1) is 0 Å². The van der Waals surface area contributed by atoms with Crippen LogP contribution in [0.3, 0.4) is 0 Å². The zero-order chi connectivity index (χ0) is 13.8. The largest absolute Gasteiger partial charge is 0.356 e. The fraction of sp³-hybridized carbons (Fsp3) is 0.125. The molecule has 0 radical (unpaired) electrons. The average Bonchev–Trinajstić information content (AvgIpc) is 2.87. The number of fused-ring (bicyclic) bond motifs is 1. The van der Waals surface area contributed by atoms with Gasteiger partial charge in [-0.25, -0.2) is 4.98 Å². The molecule has 0 unspecified atom stereocenters. The van der Waals surface area contributed by atoms with Crippen molar-refractivity contribution in [2.45, 2.75) is 13.3 Å². The normalized spacial score (nSPS) is 10.8. The summed E-state index contributed by atoms with van der Waals surface area (Å²) < 4.78 is 7.46. The van der Waals surface area contributed by atoms with E-state index in [2.05, 4.69) is 4.98 Å². The molecule has 0 spiro atoms. The Kier molecular flexibility index (Phi) is 3.56. The molecule has 0 aliphatic heterocycles. The monoisotopic (exact) mass is 266 g/mol. The van der Waals surface area contributed by atoms with Gasteiger partial charge in [0.1, 0.15) is 6.73 Å². The average molecular weight is 266 g/mol. The van der Waals surface area contributed by atoms with Crippen LogP contribution in [0.4, 0.5) is 0 Å². The third-order valence-electron chi connectivity index (χ3n) is 3.12. The van der Waals surface area contributed by atoms with Crippen molar-refractivity contribution in [2.24, 2.45) is 0 Å². The number of hydrogen-bond acceptors (Lipinski definition) is 3. The highest BCUT2D eigenvalue weighted by atomic mass is 16.5. The molecule has 0 saturated carbocycles. The molecule has 0 N–H and O–H groups in total. The highest BCUT2D eigenvalue weighted by molar-refractivity contribution is 5.82. The number of carbonyl (C=O) groups is 1. The van der Waals surface area contributed by atoms with Crippen molar-refractivity contribution in [2.75, 3.05) is 0 Å². The minimum atomic E-state index is 0.309. The molecular weight excluding hydrogens is 252 g/mol. The van der Waals surface area contributed by atoms with E-state index in [0.29, 0.717) is 19.2 Å². The summed E-state index contributed by atoms with van der Waals surface area (Å²) in [6.07, 6.45) is 0.756. The van der Waals surface area contributed by atoms with Crippen LogP contribution in [0.5, 0.6) is 0 Å². The van der Waals surface area contributed by atoms with E-state index in [-0.39, 0.29) is 0 Å². The number of benzene rings is 2. The molecule has 3 aromatic rings. The molecule has 4 nitrogen and oxygen atoms in total. The second kappa shape index (κ2) is 5.67. The molecule has 4 heteroatoms. The molecular formula is C16H14N2O2. The number of nitrogens with zero attached hydrogens (tertiary/aromatic N) is 2. The molecule has 1 aromatic heterocycles. The summed E-state index contributed by atoms with van der Waals surface area (Å²) in [4.78, 5) is 15.4. The van der Waals surface area contributed by atoms with Crippen molar-refractivity contribution in [1.82, 2.24) is 9.55 Å². The lowest BCUT2D eigenvalue weighted by Gasteiger charge is -2.07. The minimum Gasteiger partial charge on any atom is -0.356 e. The Hall–Kier alpha value is -2.46. The molecule has 20 heavy (non-hydrogen) atoms. The van der Waals surface area contributed by atoms with E-state index in [1.807, 2.05) is 54.6 Å². The van der Waals surface area contributed by atoms with Crippen LogP contribution in [-0.2, 0) is 18.1 Å². The Morgan fingerprint density at radius 2 is 1.80 bits per heavy atom. The smallest absolute Gasteiger partial charge is 0.185 e. The van der Waals surface area contributed by atoms with Gasteiger partial charge in [0.05, 0.1) is 17.6 Å². The molecule has 0 aliphatic rings. The fourth-order valence-electron chi connectivity index (χ4n) is 2.15. The van der Waals surface area contributed by atoms with Crippen molar-refractivity contribution >= 4 is 17.3 Å². The number of para-hydroxylation sites is 2. The number of rotatable bonds is 5. The predicted octanol–water partition coefficient (Wildman–Crippen LogP) is 3.02. The lowest BCUT2D eigenvalue weighted by molar-refractivity contribution is 0.0643. The molecule has 0 amide bonds. The van der Waals surface area contributed by atoms with Gasteiger partial charge < -0.3 is 4.74 Å². The number of carbonyl (C=O) groups excluding carboxylic acids is 1. The van der Waals surface area contributed by atoms with Crippen molar-refractivity contribution in [3.05, 3.63) is 66.0 Å². The summed E-state index contributed by atoms with van der Waals surface area (Å²) >= 11 is 0. The lowest BCUT2D eigenvalue weighted by Crippen LogP contribution is -2.06. The topological polar surface area (TPSA) is 44.1 Å². The molecule has 0 saturated heterocycles. The number of imidazole rings is 1. The molecule has 0 aliphatic carbocycles. The Bertz CT molecular complexity index is 720. The van der Waals surface area contributed by atoms with E-state index in [1.165, 1.54) is 0 Å². The van der Waals surface area contributed by atoms with E-state index >= 15 is 0 Å². The van der Waals surface area contributed by atoms with Crippen molar-refractivity contribution in [3.63, 3.8) is 0 Å². The van der Waals surface area contributed by atoms with Crippen molar-refractivity contribution < 1.29 is 9.53 Å². The second-order valence-electron chi connectivity index (χ2n) is 4.47. The van der Waals surface area contributed by atoms with Crippen LogP contribution in [0.2, 0.25) is 0 Å². The van der Waals surface area contributed by atoms with Crippen LogP contribution < -0.4 is 0 Å². The number of aldehydes is 1. The van der Waals surface area contributed by atoms with Crippen LogP contribution in [0.15, 0.2) is 54.6 Å². The maximum Gasteiger partial charge on any atom is 0.185 e. The Morgan fingerprint density at radius 1 is 1.05 bits per heavy atom. The Morgan fingerprint density at radius 3 is 2.60 bits per heavy atom. The quantitative estimate of drug-likeness (QED) is 0.667. The number of hydrogen-bond donors (Lipinski definition) is 0. The highest BCUT2D eigenvalue weighted by Crippen LogP contribution is 2.15. The van der Waals surface area contributed by atoms with Crippen LogP contribution in [-0.4, -0.2) is 15.8 Å². The first kappa shape index (κ1) is 12.6. The number of ether oxygens (including phenoxy) is 1. The SMILES string of the molecule is O=Cc1nc2ccccc2n1COCc1ccccc1. The van der Waals surface area contributed by atoms with Gasteiger partial charge in [-0.1, -0.05) is 42.5 Å². The molecule has 0 bridgehead atoms. The Labute approximate surface area is 116 Å². The lowest BCUT2D eigenvalue weighted by atomic mass is 10.2. The summed E-state index contributed by atoms with van der Waals surface area (Å²) in [5, 5.41) is 0. The minimum absolute atomic E-state index is 0.309. The van der Waals surface area contributed by atoms with Crippen molar-refractivity contribution in [1.29, 1.82) is 0 Å². The van der Waals surface area contributed by atoms with E-state index in [4.69, 9.17) is 4.74 Å².